The molecule has 2 aliphatic heterocycles. The van der Waals surface area contributed by atoms with E-state index in [1.54, 1.807) is 22.5 Å². The third-order valence-electron chi connectivity index (χ3n) is 6.38. The molecule has 2 saturated heterocycles. The Morgan fingerprint density at radius 1 is 1.03 bits per heavy atom. The standard InChI is InChI=1S/C22H30N2O4S/c1-16-9-13-24(14-10-16)29(26,27)18-7-8-20-19(15-18)17(2)21(28-20)22(25)23-11-5-3-4-6-12-23/h7-8,15-16H,3-6,9-14H2,1-2H3. The zero-order valence-electron chi connectivity index (χ0n) is 17.3. The molecule has 158 valence electrons. The van der Waals surface area contributed by atoms with Gasteiger partial charge in [-0.1, -0.05) is 19.8 Å². The predicted octanol–water partition coefficient (Wildman–Crippen LogP) is 4.18. The Morgan fingerprint density at radius 3 is 2.34 bits per heavy atom. The van der Waals surface area contributed by atoms with E-state index in [9.17, 15) is 13.2 Å². The fraction of sp³-hybridized carbons (Fsp3) is 0.591. The summed E-state index contributed by atoms with van der Waals surface area (Å²) < 4.78 is 33.6. The van der Waals surface area contributed by atoms with Gasteiger partial charge in [0.15, 0.2) is 5.76 Å². The van der Waals surface area contributed by atoms with Gasteiger partial charge in [-0.3, -0.25) is 4.79 Å². The maximum atomic E-state index is 13.1. The lowest BCUT2D eigenvalue weighted by Crippen LogP contribution is -2.37. The summed E-state index contributed by atoms with van der Waals surface area (Å²) in [6, 6.07) is 4.95. The first-order chi connectivity index (χ1) is 13.9. The number of piperidine rings is 1. The number of sulfonamides is 1. The predicted molar refractivity (Wildman–Crippen MR) is 112 cm³/mol. The van der Waals surface area contributed by atoms with E-state index < -0.39 is 10.0 Å². The summed E-state index contributed by atoms with van der Waals surface area (Å²) >= 11 is 0. The summed E-state index contributed by atoms with van der Waals surface area (Å²) in [5, 5.41) is 0.703. The van der Waals surface area contributed by atoms with E-state index in [0.29, 0.717) is 35.7 Å². The average molecular weight is 419 g/mol. The van der Waals surface area contributed by atoms with E-state index in [1.807, 2.05) is 11.8 Å². The van der Waals surface area contributed by atoms with Gasteiger partial charge in [0.2, 0.25) is 10.0 Å². The number of carbonyl (C=O) groups excluding carboxylic acids is 1. The number of likely N-dealkylation sites (tertiary alicyclic amines) is 1. The maximum Gasteiger partial charge on any atom is 0.289 e. The molecule has 0 aliphatic carbocycles. The minimum atomic E-state index is -3.53. The number of furan rings is 1. The molecule has 0 bridgehead atoms. The van der Waals surface area contributed by atoms with Crippen molar-refractivity contribution in [3.63, 3.8) is 0 Å². The van der Waals surface area contributed by atoms with Gasteiger partial charge in [0.1, 0.15) is 5.58 Å². The molecule has 1 aromatic heterocycles. The van der Waals surface area contributed by atoms with Crippen LogP contribution in [0.15, 0.2) is 27.5 Å². The van der Waals surface area contributed by atoms with Crippen LogP contribution in [0.25, 0.3) is 11.0 Å². The van der Waals surface area contributed by atoms with Crippen molar-refractivity contribution in [2.45, 2.75) is 57.3 Å². The number of carbonyl (C=O) groups is 1. The highest BCUT2D eigenvalue weighted by Gasteiger charge is 2.29. The topological polar surface area (TPSA) is 70.8 Å². The summed E-state index contributed by atoms with van der Waals surface area (Å²) in [4.78, 5) is 15.1. The van der Waals surface area contributed by atoms with Gasteiger partial charge in [-0.15, -0.1) is 0 Å². The summed E-state index contributed by atoms with van der Waals surface area (Å²) in [7, 11) is -3.53. The normalized spacial score (nSPS) is 20.1. The molecule has 0 unspecified atom stereocenters. The zero-order valence-corrected chi connectivity index (χ0v) is 18.1. The monoisotopic (exact) mass is 418 g/mol. The molecule has 3 heterocycles. The van der Waals surface area contributed by atoms with Crippen molar-refractivity contribution >= 4 is 26.9 Å². The number of rotatable bonds is 3. The minimum absolute atomic E-state index is 0.0879. The zero-order chi connectivity index (χ0) is 20.6. The molecule has 1 amide bonds. The number of aryl methyl sites for hydroxylation is 1. The number of hydrogen-bond acceptors (Lipinski definition) is 4. The molecule has 29 heavy (non-hydrogen) atoms. The van der Waals surface area contributed by atoms with E-state index in [-0.39, 0.29) is 10.8 Å². The Morgan fingerprint density at radius 2 is 1.69 bits per heavy atom. The summed E-state index contributed by atoms with van der Waals surface area (Å²) in [6.07, 6.45) is 6.11. The van der Waals surface area contributed by atoms with E-state index in [1.165, 1.54) is 0 Å². The largest absolute Gasteiger partial charge is 0.451 e. The highest BCUT2D eigenvalue weighted by atomic mass is 32.2. The molecule has 7 heteroatoms. The lowest BCUT2D eigenvalue weighted by molar-refractivity contribution is 0.0731. The van der Waals surface area contributed by atoms with E-state index >= 15 is 0 Å². The molecule has 2 aromatic rings. The fourth-order valence-corrected chi connectivity index (χ4v) is 5.85. The number of nitrogens with zero attached hydrogens (tertiary/aromatic N) is 2. The van der Waals surface area contributed by atoms with Crippen LogP contribution in [0, 0.1) is 12.8 Å². The molecule has 0 atom stereocenters. The van der Waals surface area contributed by atoms with Crippen LogP contribution < -0.4 is 0 Å². The van der Waals surface area contributed by atoms with Crippen molar-refractivity contribution in [3.05, 3.63) is 29.5 Å². The molecule has 0 saturated carbocycles. The van der Waals surface area contributed by atoms with Crippen molar-refractivity contribution in [1.82, 2.24) is 9.21 Å². The highest BCUT2D eigenvalue weighted by Crippen LogP contribution is 2.31. The van der Waals surface area contributed by atoms with Gasteiger partial charge >= 0.3 is 0 Å². The second kappa shape index (κ2) is 8.11. The van der Waals surface area contributed by atoms with Crippen LogP contribution in [-0.2, 0) is 10.0 Å². The van der Waals surface area contributed by atoms with Crippen LogP contribution in [0.5, 0.6) is 0 Å². The first-order valence-corrected chi connectivity index (χ1v) is 12.1. The number of amides is 1. The summed E-state index contributed by atoms with van der Waals surface area (Å²) in [5.41, 5.74) is 1.28. The Hall–Kier alpha value is -1.86. The molecular weight excluding hydrogens is 388 g/mol. The lowest BCUT2D eigenvalue weighted by Gasteiger charge is -2.29. The van der Waals surface area contributed by atoms with Crippen molar-refractivity contribution in [1.29, 1.82) is 0 Å². The van der Waals surface area contributed by atoms with Crippen LogP contribution in [0.2, 0.25) is 0 Å². The molecule has 0 radical (unpaired) electrons. The maximum absolute atomic E-state index is 13.1. The first-order valence-electron chi connectivity index (χ1n) is 10.7. The Labute approximate surface area is 172 Å². The number of benzene rings is 1. The van der Waals surface area contributed by atoms with E-state index in [2.05, 4.69) is 6.92 Å². The molecule has 0 N–H and O–H groups in total. The number of fused-ring (bicyclic) bond motifs is 1. The van der Waals surface area contributed by atoms with E-state index in [0.717, 1.165) is 57.2 Å². The molecule has 2 fully saturated rings. The minimum Gasteiger partial charge on any atom is -0.451 e. The van der Waals surface area contributed by atoms with Gasteiger partial charge in [0.05, 0.1) is 4.90 Å². The Bertz CT molecular complexity index is 995. The Kier molecular flexibility index (Phi) is 5.71. The van der Waals surface area contributed by atoms with Crippen molar-refractivity contribution < 1.29 is 17.6 Å². The quantitative estimate of drug-likeness (QED) is 0.750. The third kappa shape index (κ3) is 3.94. The second-order valence-electron chi connectivity index (χ2n) is 8.51. The second-order valence-corrected chi connectivity index (χ2v) is 10.4. The van der Waals surface area contributed by atoms with Crippen LogP contribution in [0.3, 0.4) is 0 Å². The third-order valence-corrected chi connectivity index (χ3v) is 8.27. The van der Waals surface area contributed by atoms with E-state index in [4.69, 9.17) is 4.42 Å². The van der Waals surface area contributed by atoms with Crippen LogP contribution in [0.4, 0.5) is 0 Å². The first kappa shape index (κ1) is 20.4. The van der Waals surface area contributed by atoms with Gasteiger partial charge in [0, 0.05) is 37.1 Å². The van der Waals surface area contributed by atoms with Gasteiger partial charge in [-0.05, 0) is 56.7 Å². The van der Waals surface area contributed by atoms with Gasteiger partial charge in [-0.25, -0.2) is 8.42 Å². The Balaban J connectivity index is 1.64. The molecule has 1 aromatic carbocycles. The molecule has 2 aliphatic rings. The van der Waals surface area contributed by atoms with Gasteiger partial charge in [0.25, 0.3) is 5.91 Å². The van der Waals surface area contributed by atoms with Crippen LogP contribution >= 0.6 is 0 Å². The van der Waals surface area contributed by atoms with Crippen molar-refractivity contribution in [2.75, 3.05) is 26.2 Å². The van der Waals surface area contributed by atoms with Gasteiger partial charge in [-0.2, -0.15) is 4.31 Å². The molecular formula is C22H30N2O4S. The average Bonchev–Trinajstić information content (AvgIpc) is 2.88. The molecule has 6 nitrogen and oxygen atoms in total. The highest BCUT2D eigenvalue weighted by molar-refractivity contribution is 7.89. The van der Waals surface area contributed by atoms with Crippen LogP contribution in [0.1, 0.15) is 61.6 Å². The fourth-order valence-electron chi connectivity index (χ4n) is 4.36. The lowest BCUT2D eigenvalue weighted by atomic mass is 10.0. The smallest absolute Gasteiger partial charge is 0.289 e. The number of hydrogen-bond donors (Lipinski definition) is 0. The van der Waals surface area contributed by atoms with Crippen LogP contribution in [-0.4, -0.2) is 49.7 Å². The molecule has 4 rings (SSSR count). The SMILES string of the molecule is Cc1c(C(=O)N2CCCCCC2)oc2ccc(S(=O)(=O)N3CCC(C)CC3)cc12. The van der Waals surface area contributed by atoms with Crippen molar-refractivity contribution in [3.8, 4) is 0 Å². The summed E-state index contributed by atoms with van der Waals surface area (Å²) in [6.45, 7) is 6.63. The summed E-state index contributed by atoms with van der Waals surface area (Å²) in [5.74, 6) is 0.811. The molecule has 0 spiro atoms. The van der Waals surface area contributed by atoms with Crippen molar-refractivity contribution in [2.24, 2.45) is 5.92 Å². The van der Waals surface area contributed by atoms with Gasteiger partial charge < -0.3 is 9.32 Å².